The van der Waals surface area contributed by atoms with Crippen LogP contribution in [0.3, 0.4) is 0 Å². The Kier molecular flexibility index (Phi) is 14.4. The summed E-state index contributed by atoms with van der Waals surface area (Å²) in [5.41, 5.74) is 12.3. The molecule has 0 bridgehead atoms. The van der Waals surface area contributed by atoms with Crippen LogP contribution in [-0.4, -0.2) is 35.7 Å². The molecule has 1 aliphatic heterocycles. The SMILES string of the molecule is CN(c1ccccc1)c1ccccc1[CH]=[Ru]([Cl])[Cl].Cc1cc(C(C)C)c(N2[CH-]N(C3C(C(C)C)=CC(C)C=C3C(C)C)CC2)c(C(C)C)c1. The molecular formula is C43H58Cl2N3Ru-. The zero-order valence-electron chi connectivity index (χ0n) is 31.5. The van der Waals surface area contributed by atoms with Crippen LogP contribution in [-0.2, 0) is 13.5 Å². The average molecular weight is 789 g/mol. The number of para-hydroxylation sites is 2. The molecule has 0 atom stereocenters. The van der Waals surface area contributed by atoms with Gasteiger partial charge in [-0.25, -0.2) is 0 Å². The van der Waals surface area contributed by atoms with E-state index in [2.05, 4.69) is 133 Å². The van der Waals surface area contributed by atoms with Crippen molar-refractivity contribution in [1.82, 2.24) is 4.90 Å². The van der Waals surface area contributed by atoms with Gasteiger partial charge in [0, 0.05) is 18.3 Å². The Hall–Kier alpha value is -2.23. The zero-order chi connectivity index (χ0) is 36.0. The summed E-state index contributed by atoms with van der Waals surface area (Å²) in [6.45, 7) is 27.9. The van der Waals surface area contributed by atoms with Crippen molar-refractivity contribution < 1.29 is 13.5 Å². The van der Waals surface area contributed by atoms with Crippen LogP contribution in [0.15, 0.2) is 90.0 Å². The average Bonchev–Trinajstić information content (AvgIpc) is 3.53. The number of nitrogens with zero attached hydrogens (tertiary/aromatic N) is 3. The molecule has 0 unspecified atom stereocenters. The summed E-state index contributed by atoms with van der Waals surface area (Å²) < 4.78 is 1.97. The largest absolute Gasteiger partial charge is 0.507 e. The molecule has 3 aromatic carbocycles. The van der Waals surface area contributed by atoms with E-state index in [0.29, 0.717) is 35.6 Å². The van der Waals surface area contributed by atoms with Gasteiger partial charge in [0.05, 0.1) is 0 Å². The van der Waals surface area contributed by atoms with Gasteiger partial charge < -0.3 is 9.80 Å². The topological polar surface area (TPSA) is 9.72 Å². The Morgan fingerprint density at radius 3 is 1.82 bits per heavy atom. The van der Waals surface area contributed by atoms with E-state index in [-0.39, 0.29) is 0 Å². The Morgan fingerprint density at radius 1 is 0.776 bits per heavy atom. The quantitative estimate of drug-likeness (QED) is 0.121. The van der Waals surface area contributed by atoms with Crippen LogP contribution in [0.4, 0.5) is 17.1 Å². The van der Waals surface area contributed by atoms with E-state index in [1.165, 1.54) is 22.4 Å². The minimum atomic E-state index is -1.81. The second-order valence-corrected chi connectivity index (χ2v) is 20.5. The van der Waals surface area contributed by atoms with Gasteiger partial charge in [0.2, 0.25) is 0 Å². The fraction of sp³-hybridized carbons (Fsp3) is 0.442. The minimum absolute atomic E-state index is 0.400. The maximum atomic E-state index is 5.97. The van der Waals surface area contributed by atoms with Crippen LogP contribution in [0.25, 0.3) is 0 Å². The number of benzene rings is 3. The number of anilines is 3. The number of hydrogen-bond acceptors (Lipinski definition) is 3. The van der Waals surface area contributed by atoms with Gasteiger partial charge in [0.15, 0.2) is 0 Å². The first-order valence-electron chi connectivity index (χ1n) is 17.9. The van der Waals surface area contributed by atoms with Crippen molar-refractivity contribution in [3.63, 3.8) is 0 Å². The molecule has 0 radical (unpaired) electrons. The van der Waals surface area contributed by atoms with Crippen molar-refractivity contribution in [2.24, 2.45) is 17.8 Å². The van der Waals surface area contributed by atoms with Crippen molar-refractivity contribution in [3.8, 4) is 0 Å². The summed E-state index contributed by atoms with van der Waals surface area (Å²) in [4.78, 5) is 7.31. The molecule has 3 aromatic rings. The van der Waals surface area contributed by atoms with Gasteiger partial charge in [-0.1, -0.05) is 103 Å². The molecule has 3 nitrogen and oxygen atoms in total. The van der Waals surface area contributed by atoms with Crippen LogP contribution >= 0.6 is 19.4 Å². The summed E-state index contributed by atoms with van der Waals surface area (Å²) in [5.74, 6) is 2.69. The molecule has 0 N–H and O–H groups in total. The summed E-state index contributed by atoms with van der Waals surface area (Å²) in [5, 5.41) is 0. The van der Waals surface area contributed by atoms with Crippen molar-refractivity contribution in [1.29, 1.82) is 0 Å². The van der Waals surface area contributed by atoms with Crippen molar-refractivity contribution >= 4 is 41.1 Å². The monoisotopic (exact) mass is 788 g/mol. The van der Waals surface area contributed by atoms with Crippen molar-refractivity contribution in [2.45, 2.75) is 87.1 Å². The zero-order valence-corrected chi connectivity index (χ0v) is 34.7. The van der Waals surface area contributed by atoms with E-state index < -0.39 is 13.5 Å². The molecule has 1 saturated heterocycles. The smallest absolute Gasteiger partial charge is 0.0269 e. The van der Waals surface area contributed by atoms with Gasteiger partial charge in [0.25, 0.3) is 0 Å². The number of halogens is 2. The molecule has 1 heterocycles. The molecule has 6 heteroatoms. The van der Waals surface area contributed by atoms with E-state index in [0.717, 1.165) is 30.0 Å². The third kappa shape index (κ3) is 9.97. The number of rotatable bonds is 9. The molecule has 0 amide bonds. The molecule has 2 aliphatic rings. The van der Waals surface area contributed by atoms with Gasteiger partial charge in [0.1, 0.15) is 0 Å². The Labute approximate surface area is 311 Å². The normalized spacial score (nSPS) is 18.5. The number of aryl methyl sites for hydroxylation is 1. The predicted molar refractivity (Wildman–Crippen MR) is 214 cm³/mol. The molecule has 1 aliphatic carbocycles. The van der Waals surface area contributed by atoms with Gasteiger partial charge >= 0.3 is 121 Å². The van der Waals surface area contributed by atoms with Gasteiger partial charge in [-0.15, -0.1) is 0 Å². The maximum Gasteiger partial charge on any atom is 0.0269 e. The summed E-state index contributed by atoms with van der Waals surface area (Å²) >= 11 is -1.81. The van der Waals surface area contributed by atoms with Crippen LogP contribution < -0.4 is 9.80 Å². The third-order valence-electron chi connectivity index (χ3n) is 9.57. The first-order valence-corrected chi connectivity index (χ1v) is 23.3. The Bertz CT molecular complexity index is 1580. The summed E-state index contributed by atoms with van der Waals surface area (Å²) in [7, 11) is 14.0. The Morgan fingerprint density at radius 2 is 1.31 bits per heavy atom. The molecule has 0 aromatic heterocycles. The van der Waals surface area contributed by atoms with Gasteiger partial charge in [-0.05, 0) is 54.2 Å². The van der Waals surface area contributed by atoms with Gasteiger partial charge in [-0.3, -0.25) is 0 Å². The fourth-order valence-corrected chi connectivity index (χ4v) is 8.93. The molecule has 0 spiro atoms. The van der Waals surface area contributed by atoms with Crippen molar-refractivity contribution in [3.05, 3.63) is 119 Å². The number of allylic oxidation sites excluding steroid dienone is 2. The molecule has 49 heavy (non-hydrogen) atoms. The first-order chi connectivity index (χ1) is 23.2. The first kappa shape index (κ1) is 39.6. The Balaban J connectivity index is 0.000000254. The molecule has 0 saturated carbocycles. The van der Waals surface area contributed by atoms with Crippen LogP contribution in [0.1, 0.15) is 96.4 Å². The molecule has 5 rings (SSSR count). The molecular weight excluding hydrogens is 730 g/mol. The summed E-state index contributed by atoms with van der Waals surface area (Å²) in [6, 6.07) is 23.6. The van der Waals surface area contributed by atoms with E-state index in [1.807, 2.05) is 48.1 Å². The summed E-state index contributed by atoms with van der Waals surface area (Å²) in [6.07, 6.45) is 5.03. The van der Waals surface area contributed by atoms with Crippen LogP contribution in [0.5, 0.6) is 0 Å². The van der Waals surface area contributed by atoms with Gasteiger partial charge in [-0.2, -0.15) is 6.67 Å². The number of hydrogen-bond donors (Lipinski definition) is 0. The van der Waals surface area contributed by atoms with Crippen LogP contribution in [0.2, 0.25) is 0 Å². The predicted octanol–water partition coefficient (Wildman–Crippen LogP) is 12.2. The van der Waals surface area contributed by atoms with E-state index in [4.69, 9.17) is 19.4 Å². The fourth-order valence-electron chi connectivity index (χ4n) is 7.11. The minimum Gasteiger partial charge on any atom is -0.507 e. The second-order valence-electron chi connectivity index (χ2n) is 14.8. The van der Waals surface area contributed by atoms with E-state index in [9.17, 15) is 0 Å². The molecule has 1 fully saturated rings. The van der Waals surface area contributed by atoms with E-state index >= 15 is 0 Å². The maximum absolute atomic E-state index is 5.97. The molecule has 268 valence electrons. The van der Waals surface area contributed by atoms with Crippen LogP contribution in [0, 0.1) is 31.3 Å². The van der Waals surface area contributed by atoms with Crippen molar-refractivity contribution in [2.75, 3.05) is 29.9 Å². The third-order valence-corrected chi connectivity index (χ3v) is 11.4. The standard InChI is InChI=1S/C29H45N2.C14H13N.2ClH.Ru/c1-18(2)24-13-22(9)14-25(19(3)4)28(24)30-11-12-31(17-30)29-26(20(5)6)15-23(10)16-27(29)21(7)8;1-12-8-6-7-11-14(12)15(2)13-9-4-3-5-10-13;;;/h13-22,28H,11-12H2,1-10H3;1,3-11H,2H3;2*1H;/q-1;;;;+2/p-2. The second kappa shape index (κ2) is 17.8. The van der Waals surface area contributed by atoms with E-state index in [1.54, 1.807) is 11.1 Å².